The first-order valence-corrected chi connectivity index (χ1v) is 8.01. The van der Waals surface area contributed by atoms with Crippen LogP contribution in [-0.4, -0.2) is 26.1 Å². The van der Waals surface area contributed by atoms with E-state index >= 15 is 0 Å². The molecule has 4 rings (SSSR count). The first-order chi connectivity index (χ1) is 12.1. The second-order valence-corrected chi connectivity index (χ2v) is 6.17. The van der Waals surface area contributed by atoms with Gasteiger partial charge in [-0.15, -0.1) is 5.10 Å². The summed E-state index contributed by atoms with van der Waals surface area (Å²) < 4.78 is 15.4. The normalized spacial score (nSPS) is 18.8. The number of rotatable bonds is 4. The maximum atomic E-state index is 13.8. The van der Waals surface area contributed by atoms with Gasteiger partial charge in [0.25, 0.3) is 0 Å². The van der Waals surface area contributed by atoms with Gasteiger partial charge in [0, 0.05) is 24.2 Å². The van der Waals surface area contributed by atoms with Crippen LogP contribution in [0.4, 0.5) is 10.1 Å². The quantitative estimate of drug-likeness (QED) is 0.794. The topological polar surface area (TPSA) is 72.7 Å². The third kappa shape index (κ3) is 3.00. The number of nitrogens with zero attached hydrogens (tertiary/aromatic N) is 4. The van der Waals surface area contributed by atoms with Gasteiger partial charge >= 0.3 is 0 Å². The summed E-state index contributed by atoms with van der Waals surface area (Å²) >= 11 is 0. The molecule has 7 heteroatoms. The van der Waals surface area contributed by atoms with Crippen LogP contribution >= 0.6 is 0 Å². The number of amides is 1. The van der Waals surface area contributed by atoms with Crippen molar-refractivity contribution in [2.75, 3.05) is 5.32 Å². The molecule has 1 fully saturated rings. The highest BCUT2D eigenvalue weighted by atomic mass is 19.1. The van der Waals surface area contributed by atoms with Crippen LogP contribution in [0.5, 0.6) is 0 Å². The van der Waals surface area contributed by atoms with Crippen molar-refractivity contribution in [3.63, 3.8) is 0 Å². The molecule has 0 spiro atoms. The molecule has 1 heterocycles. The molecule has 0 saturated heterocycles. The highest BCUT2D eigenvalue weighted by Crippen LogP contribution is 2.48. The van der Waals surface area contributed by atoms with E-state index in [4.69, 9.17) is 0 Å². The molecule has 126 valence electrons. The number of carbonyl (C=O) groups excluding carboxylic acids is 1. The minimum atomic E-state index is -0.250. The van der Waals surface area contributed by atoms with E-state index in [9.17, 15) is 9.18 Å². The van der Waals surface area contributed by atoms with Crippen LogP contribution in [0.1, 0.15) is 17.9 Å². The van der Waals surface area contributed by atoms with Crippen LogP contribution < -0.4 is 5.32 Å². The number of nitrogens with one attached hydrogen (secondary N) is 1. The Bertz CT molecular complexity index is 938. The van der Waals surface area contributed by atoms with E-state index in [0.29, 0.717) is 23.5 Å². The maximum absolute atomic E-state index is 13.8. The van der Waals surface area contributed by atoms with Gasteiger partial charge in [0.15, 0.2) is 5.82 Å². The summed E-state index contributed by atoms with van der Waals surface area (Å²) in [6.45, 7) is 0. The zero-order valence-electron chi connectivity index (χ0n) is 13.6. The first-order valence-electron chi connectivity index (χ1n) is 8.01. The van der Waals surface area contributed by atoms with Crippen LogP contribution in [0.15, 0.2) is 48.5 Å². The lowest BCUT2D eigenvalue weighted by atomic mass is 10.1. The lowest BCUT2D eigenvalue weighted by Gasteiger charge is -2.07. The molecule has 1 saturated carbocycles. The minimum absolute atomic E-state index is 0.0488. The van der Waals surface area contributed by atoms with Crippen molar-refractivity contribution < 1.29 is 9.18 Å². The van der Waals surface area contributed by atoms with Gasteiger partial charge in [0.05, 0.1) is 0 Å². The Balaban J connectivity index is 1.48. The van der Waals surface area contributed by atoms with E-state index in [-0.39, 0.29) is 23.6 Å². The van der Waals surface area contributed by atoms with E-state index in [1.807, 2.05) is 24.3 Å². The van der Waals surface area contributed by atoms with Crippen molar-refractivity contribution in [1.82, 2.24) is 20.2 Å². The fourth-order valence-corrected chi connectivity index (χ4v) is 3.05. The molecule has 3 aromatic rings. The molecule has 1 amide bonds. The Kier molecular flexibility index (Phi) is 3.76. The van der Waals surface area contributed by atoms with Crippen molar-refractivity contribution in [2.24, 2.45) is 13.0 Å². The van der Waals surface area contributed by atoms with Crippen LogP contribution in [0.3, 0.4) is 0 Å². The summed E-state index contributed by atoms with van der Waals surface area (Å²) in [5.41, 5.74) is 2.10. The average molecular weight is 337 g/mol. The predicted molar refractivity (Wildman–Crippen MR) is 90.1 cm³/mol. The fourth-order valence-electron chi connectivity index (χ4n) is 3.05. The minimum Gasteiger partial charge on any atom is -0.326 e. The van der Waals surface area contributed by atoms with Crippen LogP contribution in [0.2, 0.25) is 0 Å². The lowest BCUT2D eigenvalue weighted by Crippen LogP contribution is -2.14. The number of anilines is 1. The summed E-state index contributed by atoms with van der Waals surface area (Å²) in [5.74, 6) is 0.0252. The zero-order chi connectivity index (χ0) is 17.4. The Labute approximate surface area is 143 Å². The molecular weight excluding hydrogens is 321 g/mol. The summed E-state index contributed by atoms with van der Waals surface area (Å²) in [6, 6.07) is 14.0. The lowest BCUT2D eigenvalue weighted by molar-refractivity contribution is -0.117. The van der Waals surface area contributed by atoms with E-state index in [2.05, 4.69) is 20.8 Å². The molecule has 1 aromatic heterocycles. The number of benzene rings is 2. The zero-order valence-corrected chi connectivity index (χ0v) is 13.6. The summed E-state index contributed by atoms with van der Waals surface area (Å²) in [4.78, 5) is 12.5. The van der Waals surface area contributed by atoms with E-state index in [1.54, 1.807) is 29.9 Å². The first kappa shape index (κ1) is 15.4. The van der Waals surface area contributed by atoms with Gasteiger partial charge in [-0.25, -0.2) is 9.07 Å². The molecule has 1 N–H and O–H groups in total. The van der Waals surface area contributed by atoms with Crippen molar-refractivity contribution >= 4 is 11.6 Å². The molecule has 2 aromatic carbocycles. The number of tetrazole rings is 1. The van der Waals surface area contributed by atoms with Crippen LogP contribution in [-0.2, 0) is 11.8 Å². The summed E-state index contributed by atoms with van der Waals surface area (Å²) in [5, 5.41) is 14.3. The van der Waals surface area contributed by atoms with Crippen LogP contribution in [0, 0.1) is 11.7 Å². The molecular formula is C18H16FN5O. The van der Waals surface area contributed by atoms with Gasteiger partial charge in [0.1, 0.15) is 5.82 Å². The van der Waals surface area contributed by atoms with Gasteiger partial charge in [-0.1, -0.05) is 30.3 Å². The Morgan fingerprint density at radius 3 is 2.84 bits per heavy atom. The number of carbonyl (C=O) groups is 1. The molecule has 0 bridgehead atoms. The van der Waals surface area contributed by atoms with Crippen molar-refractivity contribution in [3.8, 4) is 11.4 Å². The van der Waals surface area contributed by atoms with E-state index < -0.39 is 0 Å². The molecule has 1 aliphatic rings. The van der Waals surface area contributed by atoms with Gasteiger partial charge in [-0.3, -0.25) is 4.79 Å². The number of halogens is 1. The molecule has 6 nitrogen and oxygen atoms in total. The average Bonchev–Trinajstić information content (AvgIpc) is 3.29. The molecule has 2 atom stereocenters. The SMILES string of the molecule is Cn1nnnc1-c1cccc(NC(=O)C2CC2c2ccccc2F)c1. The Hall–Kier alpha value is -3.09. The summed E-state index contributed by atoms with van der Waals surface area (Å²) in [6.07, 6.45) is 0.666. The van der Waals surface area contributed by atoms with Crippen molar-refractivity contribution in [1.29, 1.82) is 0 Å². The monoisotopic (exact) mass is 337 g/mol. The smallest absolute Gasteiger partial charge is 0.228 e. The number of aromatic nitrogens is 4. The van der Waals surface area contributed by atoms with E-state index in [0.717, 1.165) is 5.56 Å². The van der Waals surface area contributed by atoms with Crippen LogP contribution in [0.25, 0.3) is 11.4 Å². The number of hydrogen-bond donors (Lipinski definition) is 1. The molecule has 2 unspecified atom stereocenters. The number of hydrogen-bond acceptors (Lipinski definition) is 4. The van der Waals surface area contributed by atoms with Gasteiger partial charge in [0.2, 0.25) is 5.91 Å². The third-order valence-electron chi connectivity index (χ3n) is 4.44. The standard InChI is InChI=1S/C18H16FN5O/c1-24-17(21-22-23-24)11-5-4-6-12(9-11)20-18(25)15-10-14(15)13-7-2-3-8-16(13)19/h2-9,14-15H,10H2,1H3,(H,20,25). The highest BCUT2D eigenvalue weighted by Gasteiger charge is 2.45. The molecule has 1 aliphatic carbocycles. The fraction of sp³-hybridized carbons (Fsp3) is 0.222. The third-order valence-corrected chi connectivity index (χ3v) is 4.44. The van der Waals surface area contributed by atoms with Gasteiger partial charge in [-0.05, 0) is 46.5 Å². The Morgan fingerprint density at radius 1 is 1.24 bits per heavy atom. The second kappa shape index (κ2) is 6.08. The van der Waals surface area contributed by atoms with E-state index in [1.165, 1.54) is 6.07 Å². The highest BCUT2D eigenvalue weighted by molar-refractivity contribution is 5.95. The van der Waals surface area contributed by atoms with Gasteiger partial charge in [-0.2, -0.15) is 0 Å². The molecule has 0 radical (unpaired) electrons. The van der Waals surface area contributed by atoms with Crippen molar-refractivity contribution in [2.45, 2.75) is 12.3 Å². The molecule has 25 heavy (non-hydrogen) atoms. The van der Waals surface area contributed by atoms with Gasteiger partial charge < -0.3 is 5.32 Å². The predicted octanol–water partition coefficient (Wildman–Crippen LogP) is 2.76. The van der Waals surface area contributed by atoms with Crippen molar-refractivity contribution in [3.05, 3.63) is 59.9 Å². The summed E-state index contributed by atoms with van der Waals surface area (Å²) in [7, 11) is 1.75. The Morgan fingerprint density at radius 2 is 2.08 bits per heavy atom. The largest absolute Gasteiger partial charge is 0.326 e. The second-order valence-electron chi connectivity index (χ2n) is 6.17. The molecule has 0 aliphatic heterocycles. The number of aryl methyl sites for hydroxylation is 1. The maximum Gasteiger partial charge on any atom is 0.228 e.